The molecule has 1 aliphatic heterocycles. The molecular formula is C10H11BrMgO2. The highest BCUT2D eigenvalue weighted by molar-refractivity contribution is 9.23. The van der Waals surface area contributed by atoms with Gasteiger partial charge in [-0.1, -0.05) is 29.8 Å². The van der Waals surface area contributed by atoms with E-state index in [1.165, 1.54) is 9.26 Å². The standard InChI is InChI=1S/C10H11O2.BrH.Mg/c1-2-4-9(5-3-1)8-10-11-6-7-12-10;;/h1-4,10H,6-8H2;1H;/q;;+1/p-1. The fourth-order valence-electron chi connectivity index (χ4n) is 1.59. The highest BCUT2D eigenvalue weighted by Gasteiger charge is 2.17. The van der Waals surface area contributed by atoms with Crippen molar-refractivity contribution < 1.29 is 9.47 Å². The van der Waals surface area contributed by atoms with Gasteiger partial charge in [0.1, 0.15) is 0 Å². The van der Waals surface area contributed by atoms with Crippen LogP contribution in [-0.4, -0.2) is 37.7 Å². The van der Waals surface area contributed by atoms with Gasteiger partial charge in [-0.2, -0.15) is 0 Å². The Morgan fingerprint density at radius 1 is 1.29 bits per heavy atom. The summed E-state index contributed by atoms with van der Waals surface area (Å²) in [5.74, 6) is 0. The van der Waals surface area contributed by atoms with Gasteiger partial charge in [-0.3, -0.25) is 12.9 Å². The lowest BCUT2D eigenvalue weighted by Crippen LogP contribution is -2.20. The molecule has 0 atom stereocenters. The third kappa shape index (κ3) is 2.70. The lowest BCUT2D eigenvalue weighted by molar-refractivity contribution is -0.0398. The van der Waals surface area contributed by atoms with Crippen LogP contribution in [0.5, 0.6) is 0 Å². The first-order valence-electron chi connectivity index (χ1n) is 4.76. The maximum absolute atomic E-state index is 5.43. The van der Waals surface area contributed by atoms with Crippen LogP contribution in [0.3, 0.4) is 0 Å². The molecule has 1 aliphatic rings. The van der Waals surface area contributed by atoms with Gasteiger partial charge in [-0.15, -0.1) is 3.69 Å². The molecular weight excluding hydrogens is 256 g/mol. The lowest BCUT2D eigenvalue weighted by atomic mass is 10.1. The average Bonchev–Trinajstić information content (AvgIpc) is 2.71. The van der Waals surface area contributed by atoms with Crippen molar-refractivity contribution in [3.63, 3.8) is 0 Å². The lowest BCUT2D eigenvalue weighted by Gasteiger charge is -2.12. The fraction of sp³-hybridized carbons (Fsp3) is 0.400. The molecule has 0 amide bonds. The van der Waals surface area contributed by atoms with Gasteiger partial charge in [-0.05, 0) is 0 Å². The molecule has 1 aromatic rings. The molecule has 1 saturated heterocycles. The second-order valence-electron chi connectivity index (χ2n) is 3.28. The van der Waals surface area contributed by atoms with E-state index in [9.17, 15) is 0 Å². The molecule has 4 heteroatoms. The first-order valence-corrected chi connectivity index (χ1v) is 9.36. The minimum atomic E-state index is -0.274. The molecule has 0 radical (unpaired) electrons. The number of ether oxygens (including phenoxy) is 2. The zero-order chi connectivity index (χ0) is 9.80. The van der Waals surface area contributed by atoms with Gasteiger partial charge >= 0.3 is 18.2 Å². The second-order valence-corrected chi connectivity index (χ2v) is 5.99. The van der Waals surface area contributed by atoms with Crippen molar-refractivity contribution in [1.29, 1.82) is 0 Å². The third-order valence-electron chi connectivity index (χ3n) is 2.34. The van der Waals surface area contributed by atoms with E-state index in [4.69, 9.17) is 9.47 Å². The van der Waals surface area contributed by atoms with Crippen LogP contribution in [0.4, 0.5) is 0 Å². The minimum absolute atomic E-state index is 0.0239. The smallest absolute Gasteiger partial charge is 0.350 e. The summed E-state index contributed by atoms with van der Waals surface area (Å²) in [5, 5.41) is 0. The molecule has 14 heavy (non-hydrogen) atoms. The predicted octanol–water partition coefficient (Wildman–Crippen LogP) is 1.24. The van der Waals surface area contributed by atoms with E-state index in [2.05, 4.69) is 37.1 Å². The Morgan fingerprint density at radius 2 is 2.00 bits per heavy atom. The van der Waals surface area contributed by atoms with Crippen molar-refractivity contribution in [2.24, 2.45) is 0 Å². The van der Waals surface area contributed by atoms with E-state index < -0.39 is 0 Å². The highest BCUT2D eigenvalue weighted by Crippen LogP contribution is 2.10. The summed E-state index contributed by atoms with van der Waals surface area (Å²) in [5.41, 5.74) is 1.36. The van der Waals surface area contributed by atoms with Crippen LogP contribution in [0.2, 0.25) is 0 Å². The van der Waals surface area contributed by atoms with Crippen LogP contribution in [0.25, 0.3) is 0 Å². The summed E-state index contributed by atoms with van der Waals surface area (Å²) in [7, 11) is 0. The van der Waals surface area contributed by atoms with Gasteiger partial charge in [-0.25, -0.2) is 0 Å². The maximum atomic E-state index is 5.43. The topological polar surface area (TPSA) is 18.5 Å². The molecule has 0 saturated carbocycles. The molecule has 2 nitrogen and oxygen atoms in total. The van der Waals surface area contributed by atoms with Crippen LogP contribution in [0.15, 0.2) is 24.3 Å². The van der Waals surface area contributed by atoms with Crippen LogP contribution >= 0.6 is 12.9 Å². The van der Waals surface area contributed by atoms with Crippen LogP contribution in [-0.2, 0) is 15.9 Å². The monoisotopic (exact) mass is 266 g/mol. The van der Waals surface area contributed by atoms with Crippen molar-refractivity contribution in [2.75, 3.05) is 13.2 Å². The Balaban J connectivity index is 2.07. The minimum Gasteiger partial charge on any atom is -0.350 e. The third-order valence-corrected chi connectivity index (χ3v) is 5.13. The zero-order valence-corrected chi connectivity index (χ0v) is 10.9. The Labute approximate surface area is 99.6 Å². The van der Waals surface area contributed by atoms with Gasteiger partial charge in [0.2, 0.25) is 0 Å². The van der Waals surface area contributed by atoms with Crippen molar-refractivity contribution in [3.8, 4) is 0 Å². The number of hydrogen-bond acceptors (Lipinski definition) is 2. The molecule has 1 heterocycles. The Morgan fingerprint density at radius 3 is 2.71 bits per heavy atom. The number of rotatable bonds is 3. The molecule has 0 N–H and O–H groups in total. The SMILES string of the molecule is [Br][Mg][c]1ccccc1CC1OCCO1. The van der Waals surface area contributed by atoms with Gasteiger partial charge in [0.15, 0.2) is 6.29 Å². The summed E-state index contributed by atoms with van der Waals surface area (Å²) in [6.07, 6.45) is 0.860. The normalized spacial score (nSPS) is 16.9. The number of benzene rings is 1. The summed E-state index contributed by atoms with van der Waals surface area (Å²) in [6, 6.07) is 8.51. The number of hydrogen-bond donors (Lipinski definition) is 0. The van der Waals surface area contributed by atoms with Crippen LogP contribution in [0.1, 0.15) is 5.56 Å². The first kappa shape index (κ1) is 10.9. The second kappa shape index (κ2) is 5.46. The van der Waals surface area contributed by atoms with Crippen molar-refractivity contribution in [3.05, 3.63) is 29.8 Å². The first-order chi connectivity index (χ1) is 6.90. The summed E-state index contributed by atoms with van der Waals surface area (Å²) in [6.45, 7) is 1.47. The molecule has 72 valence electrons. The Kier molecular flexibility index (Phi) is 4.25. The molecule has 2 rings (SSSR count). The van der Waals surface area contributed by atoms with E-state index in [1.807, 2.05) is 0 Å². The fourth-order valence-corrected chi connectivity index (χ4v) is 3.89. The van der Waals surface area contributed by atoms with E-state index in [0.29, 0.717) is 0 Å². The van der Waals surface area contributed by atoms with Gasteiger partial charge in [0, 0.05) is 6.42 Å². The maximum Gasteiger partial charge on any atom is 0.507 e. The highest BCUT2D eigenvalue weighted by atomic mass is 79.9. The molecule has 1 aromatic carbocycles. The van der Waals surface area contributed by atoms with E-state index >= 15 is 0 Å². The van der Waals surface area contributed by atoms with E-state index in [-0.39, 0.29) is 24.5 Å². The van der Waals surface area contributed by atoms with E-state index in [1.54, 1.807) is 0 Å². The average molecular weight is 267 g/mol. The van der Waals surface area contributed by atoms with Crippen molar-refractivity contribution in [1.82, 2.24) is 0 Å². The van der Waals surface area contributed by atoms with E-state index in [0.717, 1.165) is 19.6 Å². The Bertz CT molecular complexity index is 300. The van der Waals surface area contributed by atoms with Crippen LogP contribution in [0, 0.1) is 0 Å². The zero-order valence-electron chi connectivity index (χ0n) is 7.91. The quantitative estimate of drug-likeness (QED) is 0.767. The van der Waals surface area contributed by atoms with Gasteiger partial charge in [0.05, 0.1) is 13.2 Å². The summed E-state index contributed by atoms with van der Waals surface area (Å²) < 4.78 is 12.3. The predicted molar refractivity (Wildman–Crippen MR) is 60.2 cm³/mol. The largest absolute Gasteiger partial charge is 0.507 e. The molecule has 0 spiro atoms. The summed E-state index contributed by atoms with van der Waals surface area (Å²) >= 11 is 3.34. The van der Waals surface area contributed by atoms with Crippen molar-refractivity contribution in [2.45, 2.75) is 12.7 Å². The van der Waals surface area contributed by atoms with Crippen molar-refractivity contribution >= 4 is 34.8 Å². The Hall–Kier alpha value is 0.386. The summed E-state index contributed by atoms with van der Waals surface area (Å²) in [4.78, 5) is 0. The molecule has 0 bridgehead atoms. The van der Waals surface area contributed by atoms with Crippen LogP contribution < -0.4 is 3.69 Å². The molecule has 0 aliphatic carbocycles. The molecule has 1 fully saturated rings. The molecule has 0 unspecified atom stereocenters. The number of halogens is 1. The molecule has 0 aromatic heterocycles. The van der Waals surface area contributed by atoms with Gasteiger partial charge < -0.3 is 9.47 Å². The van der Waals surface area contributed by atoms with Gasteiger partial charge in [0.25, 0.3) is 0 Å².